The van der Waals surface area contributed by atoms with Gasteiger partial charge < -0.3 is 10.6 Å². The lowest BCUT2D eigenvalue weighted by molar-refractivity contribution is -0.143. The van der Waals surface area contributed by atoms with E-state index >= 15 is 0 Å². The molecule has 2 aliphatic rings. The number of likely N-dealkylation sites (tertiary alicyclic amines) is 1. The third-order valence-electron chi connectivity index (χ3n) is 5.00. The van der Waals surface area contributed by atoms with E-state index in [0.717, 1.165) is 19.3 Å². The Morgan fingerprint density at radius 2 is 2.04 bits per heavy atom. The van der Waals surface area contributed by atoms with E-state index in [1.54, 1.807) is 0 Å². The number of fused-ring (bicyclic) bond motifs is 1. The molecule has 1 aromatic rings. The number of carbonyl (C=O) groups excluding carboxylic acids is 1. The van der Waals surface area contributed by atoms with Crippen molar-refractivity contribution in [3.05, 3.63) is 35.4 Å². The summed E-state index contributed by atoms with van der Waals surface area (Å²) in [6.07, 6.45) is -0.492. The van der Waals surface area contributed by atoms with E-state index in [1.807, 2.05) is 18.2 Å². The molecule has 2 atom stereocenters. The van der Waals surface area contributed by atoms with E-state index in [0.29, 0.717) is 26.1 Å². The van der Waals surface area contributed by atoms with Gasteiger partial charge in [-0.15, -0.1) is 0 Å². The van der Waals surface area contributed by atoms with Gasteiger partial charge in [-0.2, -0.15) is 13.2 Å². The highest BCUT2D eigenvalue weighted by Crippen LogP contribution is 2.29. The van der Waals surface area contributed by atoms with Crippen molar-refractivity contribution in [1.29, 1.82) is 0 Å². The highest BCUT2D eigenvalue weighted by Gasteiger charge is 2.34. The molecule has 4 nitrogen and oxygen atoms in total. The van der Waals surface area contributed by atoms with Gasteiger partial charge in [-0.25, -0.2) is 4.79 Å². The summed E-state index contributed by atoms with van der Waals surface area (Å²) in [4.78, 5) is 13.6. The number of halogens is 3. The second-order valence-electron chi connectivity index (χ2n) is 7.00. The standard InChI is InChI=1S/C18H24F3N3O/c19-18(20,21)12-24-9-8-13(11-24)10-22-17(25)23-16-7-3-5-14-4-1-2-6-15(14)16/h1-2,4,6,13,16H,3,5,7-12H2,(H2,22,23,25)/t13-,16+/m0/s1. The van der Waals surface area contributed by atoms with Crippen molar-refractivity contribution in [2.75, 3.05) is 26.2 Å². The van der Waals surface area contributed by atoms with Crippen LogP contribution in [0.5, 0.6) is 0 Å². The van der Waals surface area contributed by atoms with Gasteiger partial charge in [0.2, 0.25) is 0 Å². The van der Waals surface area contributed by atoms with E-state index in [-0.39, 0.29) is 18.0 Å². The van der Waals surface area contributed by atoms with Gasteiger partial charge >= 0.3 is 12.2 Å². The predicted octanol–water partition coefficient (Wildman–Crippen LogP) is 3.25. The van der Waals surface area contributed by atoms with Gasteiger partial charge in [0, 0.05) is 13.1 Å². The Kier molecular flexibility index (Phi) is 5.51. The summed E-state index contributed by atoms with van der Waals surface area (Å²) in [6, 6.07) is 7.89. The lowest BCUT2D eigenvalue weighted by atomic mass is 9.88. The molecule has 138 valence electrons. The number of amides is 2. The number of hydrogen-bond donors (Lipinski definition) is 2. The molecule has 1 aliphatic heterocycles. The Balaban J connectivity index is 1.44. The maximum absolute atomic E-state index is 12.4. The van der Waals surface area contributed by atoms with Crippen LogP contribution in [0.3, 0.4) is 0 Å². The van der Waals surface area contributed by atoms with Crippen LogP contribution in [-0.2, 0) is 6.42 Å². The summed E-state index contributed by atoms with van der Waals surface area (Å²) in [5.41, 5.74) is 2.44. The molecule has 0 bridgehead atoms. The summed E-state index contributed by atoms with van der Waals surface area (Å²) in [7, 11) is 0. The predicted molar refractivity (Wildman–Crippen MR) is 89.3 cm³/mol. The number of benzene rings is 1. The van der Waals surface area contributed by atoms with Crippen LogP contribution < -0.4 is 10.6 Å². The maximum Gasteiger partial charge on any atom is 0.401 e. The zero-order valence-corrected chi connectivity index (χ0v) is 14.1. The molecule has 1 heterocycles. The van der Waals surface area contributed by atoms with Crippen molar-refractivity contribution in [2.24, 2.45) is 5.92 Å². The fraction of sp³-hybridized carbons (Fsp3) is 0.611. The van der Waals surface area contributed by atoms with E-state index in [2.05, 4.69) is 16.7 Å². The minimum absolute atomic E-state index is 0.00950. The summed E-state index contributed by atoms with van der Waals surface area (Å²) >= 11 is 0. The van der Waals surface area contributed by atoms with Crippen molar-refractivity contribution < 1.29 is 18.0 Å². The molecule has 1 aliphatic carbocycles. The molecule has 0 radical (unpaired) electrons. The van der Waals surface area contributed by atoms with Crippen molar-refractivity contribution in [2.45, 2.75) is 37.9 Å². The Labute approximate surface area is 145 Å². The van der Waals surface area contributed by atoms with Crippen molar-refractivity contribution in [3.63, 3.8) is 0 Å². The summed E-state index contributed by atoms with van der Waals surface area (Å²) in [5.74, 6) is 0.0757. The van der Waals surface area contributed by atoms with E-state index < -0.39 is 12.7 Å². The lowest BCUT2D eigenvalue weighted by Crippen LogP contribution is -2.41. The SMILES string of the molecule is O=C(NC[C@@H]1CCN(CC(F)(F)F)C1)N[C@@H]1CCCc2ccccc21. The molecule has 1 aromatic carbocycles. The van der Waals surface area contributed by atoms with E-state index in [4.69, 9.17) is 0 Å². The van der Waals surface area contributed by atoms with Crippen molar-refractivity contribution >= 4 is 6.03 Å². The number of aryl methyl sites for hydroxylation is 1. The third kappa shape index (κ3) is 5.11. The molecule has 0 unspecified atom stereocenters. The van der Waals surface area contributed by atoms with Crippen molar-refractivity contribution in [3.8, 4) is 0 Å². The maximum atomic E-state index is 12.4. The molecule has 0 saturated carbocycles. The van der Waals surface area contributed by atoms with E-state index in [9.17, 15) is 18.0 Å². The Morgan fingerprint density at radius 1 is 1.24 bits per heavy atom. The first-order valence-corrected chi connectivity index (χ1v) is 8.82. The van der Waals surface area contributed by atoms with Crippen molar-refractivity contribution in [1.82, 2.24) is 15.5 Å². The van der Waals surface area contributed by atoms with Gasteiger partial charge in [-0.05, 0) is 49.3 Å². The monoisotopic (exact) mass is 355 g/mol. The van der Waals surface area contributed by atoms with Crippen LogP contribution in [0, 0.1) is 5.92 Å². The van der Waals surface area contributed by atoms with Crippen LogP contribution in [-0.4, -0.2) is 43.3 Å². The molecular weight excluding hydrogens is 331 g/mol. The van der Waals surface area contributed by atoms with Crippen LogP contribution in [0.4, 0.5) is 18.0 Å². The van der Waals surface area contributed by atoms with Gasteiger partial charge in [-0.3, -0.25) is 4.90 Å². The minimum Gasteiger partial charge on any atom is -0.338 e. The molecule has 2 amide bonds. The zero-order valence-electron chi connectivity index (χ0n) is 14.1. The highest BCUT2D eigenvalue weighted by molar-refractivity contribution is 5.74. The minimum atomic E-state index is -4.16. The number of urea groups is 1. The lowest BCUT2D eigenvalue weighted by Gasteiger charge is -2.26. The molecule has 0 spiro atoms. The second kappa shape index (κ2) is 7.64. The molecule has 1 saturated heterocycles. The molecule has 2 N–H and O–H groups in total. The largest absolute Gasteiger partial charge is 0.401 e. The molecule has 7 heteroatoms. The van der Waals surface area contributed by atoms with Gasteiger partial charge in [0.25, 0.3) is 0 Å². The first kappa shape index (κ1) is 18.0. The number of alkyl halides is 3. The average Bonchev–Trinajstić information content (AvgIpc) is 2.99. The Hall–Kier alpha value is -1.76. The fourth-order valence-electron chi connectivity index (χ4n) is 3.83. The summed E-state index contributed by atoms with van der Waals surface area (Å²) < 4.78 is 37.2. The van der Waals surface area contributed by atoms with Crippen LogP contribution in [0.25, 0.3) is 0 Å². The number of carbonyl (C=O) groups is 1. The van der Waals surface area contributed by atoms with Gasteiger partial charge in [0.1, 0.15) is 0 Å². The molecule has 1 fully saturated rings. The van der Waals surface area contributed by atoms with Crippen LogP contribution >= 0.6 is 0 Å². The summed E-state index contributed by atoms with van der Waals surface area (Å²) in [6.45, 7) is 0.360. The Morgan fingerprint density at radius 3 is 2.84 bits per heavy atom. The van der Waals surface area contributed by atoms with Gasteiger partial charge in [0.05, 0.1) is 12.6 Å². The topological polar surface area (TPSA) is 44.4 Å². The number of rotatable bonds is 4. The first-order chi connectivity index (χ1) is 11.9. The van der Waals surface area contributed by atoms with Gasteiger partial charge in [-0.1, -0.05) is 24.3 Å². The second-order valence-corrected chi connectivity index (χ2v) is 7.00. The molecule has 0 aromatic heterocycles. The smallest absolute Gasteiger partial charge is 0.338 e. The quantitative estimate of drug-likeness (QED) is 0.871. The van der Waals surface area contributed by atoms with Crippen LogP contribution in [0.15, 0.2) is 24.3 Å². The number of hydrogen-bond acceptors (Lipinski definition) is 2. The normalized spacial score (nSPS) is 24.0. The number of nitrogens with one attached hydrogen (secondary N) is 2. The van der Waals surface area contributed by atoms with E-state index in [1.165, 1.54) is 16.0 Å². The number of nitrogens with zero attached hydrogens (tertiary/aromatic N) is 1. The first-order valence-electron chi connectivity index (χ1n) is 8.82. The Bertz CT molecular complexity index is 605. The highest BCUT2D eigenvalue weighted by atomic mass is 19.4. The molecular formula is C18H24F3N3O. The zero-order chi connectivity index (χ0) is 17.9. The van der Waals surface area contributed by atoms with Gasteiger partial charge in [0.15, 0.2) is 0 Å². The third-order valence-corrected chi connectivity index (χ3v) is 5.00. The van der Waals surface area contributed by atoms with Crippen LogP contribution in [0.2, 0.25) is 0 Å². The molecule has 3 rings (SSSR count). The average molecular weight is 355 g/mol. The fourth-order valence-corrected chi connectivity index (χ4v) is 3.83. The summed E-state index contributed by atoms with van der Waals surface area (Å²) in [5, 5.41) is 5.83. The van der Waals surface area contributed by atoms with Crippen LogP contribution in [0.1, 0.15) is 36.4 Å². The molecule has 25 heavy (non-hydrogen) atoms.